The molecule has 0 nitrogen and oxygen atoms in total. The van der Waals surface area contributed by atoms with Crippen molar-refractivity contribution in [2.45, 2.75) is 27.4 Å². The Bertz CT molecular complexity index is 599. The third-order valence-electron chi connectivity index (χ3n) is 4.95. The standard InChI is InChI=1S/C21H24S4/c1-3-8-18(9-4-1)20(22-14-15-23-20)12-7-13-21(24-16-17-25-21)19-10-5-2-6-11-19/h1-6,8-11H,7,12-17H2. The summed E-state index contributed by atoms with van der Waals surface area (Å²) < 4.78 is 0.570. The summed E-state index contributed by atoms with van der Waals surface area (Å²) in [7, 11) is 0. The Balaban J connectivity index is 1.48. The minimum Gasteiger partial charge on any atom is -0.139 e. The molecule has 132 valence electrons. The van der Waals surface area contributed by atoms with Gasteiger partial charge in [0, 0.05) is 23.0 Å². The Morgan fingerprint density at radius 1 is 0.560 bits per heavy atom. The fourth-order valence-electron chi connectivity index (χ4n) is 3.76. The van der Waals surface area contributed by atoms with Crippen LogP contribution in [-0.2, 0) is 8.16 Å². The van der Waals surface area contributed by atoms with E-state index in [1.54, 1.807) is 0 Å². The van der Waals surface area contributed by atoms with Crippen LogP contribution in [0.3, 0.4) is 0 Å². The van der Waals surface area contributed by atoms with Crippen LogP contribution in [0, 0.1) is 0 Å². The van der Waals surface area contributed by atoms with E-state index in [0.717, 1.165) is 0 Å². The molecule has 0 atom stereocenters. The topological polar surface area (TPSA) is 0 Å². The molecule has 0 aromatic heterocycles. The summed E-state index contributed by atoms with van der Waals surface area (Å²) >= 11 is 8.68. The van der Waals surface area contributed by atoms with Gasteiger partial charge in [0.1, 0.15) is 0 Å². The van der Waals surface area contributed by atoms with E-state index in [4.69, 9.17) is 0 Å². The minimum absolute atomic E-state index is 0.285. The fourth-order valence-corrected chi connectivity index (χ4v) is 10.4. The van der Waals surface area contributed by atoms with Crippen molar-refractivity contribution in [3.05, 3.63) is 71.8 Å². The van der Waals surface area contributed by atoms with Crippen molar-refractivity contribution in [1.29, 1.82) is 0 Å². The van der Waals surface area contributed by atoms with Gasteiger partial charge in [-0.05, 0) is 30.4 Å². The highest BCUT2D eigenvalue weighted by molar-refractivity contribution is 8.21. The Kier molecular flexibility index (Phi) is 6.01. The van der Waals surface area contributed by atoms with Crippen LogP contribution in [0.5, 0.6) is 0 Å². The zero-order chi connectivity index (χ0) is 17.0. The third-order valence-corrected chi connectivity index (χ3v) is 12.1. The first-order chi connectivity index (χ1) is 12.3. The highest BCUT2D eigenvalue weighted by atomic mass is 32.2. The molecule has 0 saturated carbocycles. The van der Waals surface area contributed by atoms with Gasteiger partial charge in [0.05, 0.1) is 8.16 Å². The molecule has 0 spiro atoms. The van der Waals surface area contributed by atoms with Crippen LogP contribution in [-0.4, -0.2) is 23.0 Å². The maximum Gasteiger partial charge on any atom is 0.0860 e. The smallest absolute Gasteiger partial charge is 0.0860 e. The SMILES string of the molecule is c1ccc(C2(CCCC3(c4ccccc4)SCCS3)SCCS2)cc1. The van der Waals surface area contributed by atoms with Crippen molar-refractivity contribution < 1.29 is 0 Å². The molecule has 2 heterocycles. The molecule has 0 N–H and O–H groups in total. The van der Waals surface area contributed by atoms with Gasteiger partial charge in [-0.25, -0.2) is 0 Å². The molecule has 2 aliphatic heterocycles. The lowest BCUT2D eigenvalue weighted by molar-refractivity contribution is 0.624. The van der Waals surface area contributed by atoms with Crippen LogP contribution in [0.4, 0.5) is 0 Å². The van der Waals surface area contributed by atoms with Crippen LogP contribution in [0.15, 0.2) is 60.7 Å². The van der Waals surface area contributed by atoms with Gasteiger partial charge >= 0.3 is 0 Å². The molecule has 4 rings (SSSR count). The second kappa shape index (κ2) is 8.24. The van der Waals surface area contributed by atoms with Gasteiger partial charge in [-0.2, -0.15) is 0 Å². The van der Waals surface area contributed by atoms with Crippen molar-refractivity contribution in [2.75, 3.05) is 23.0 Å². The lowest BCUT2D eigenvalue weighted by Gasteiger charge is -2.32. The number of hydrogen-bond acceptors (Lipinski definition) is 4. The second-order valence-corrected chi connectivity index (χ2v) is 12.6. The quantitative estimate of drug-likeness (QED) is 0.517. The highest BCUT2D eigenvalue weighted by Gasteiger charge is 2.40. The van der Waals surface area contributed by atoms with Crippen LogP contribution in [0.1, 0.15) is 30.4 Å². The van der Waals surface area contributed by atoms with E-state index in [1.807, 2.05) is 0 Å². The monoisotopic (exact) mass is 404 g/mol. The molecule has 0 aliphatic carbocycles. The van der Waals surface area contributed by atoms with E-state index in [1.165, 1.54) is 53.4 Å². The molecule has 0 unspecified atom stereocenters. The van der Waals surface area contributed by atoms with Crippen molar-refractivity contribution >= 4 is 47.0 Å². The number of benzene rings is 2. The molecule has 4 heteroatoms. The summed E-state index contributed by atoms with van der Waals surface area (Å²) in [6, 6.07) is 22.4. The maximum atomic E-state index is 2.33. The predicted octanol–water partition coefficient (Wildman–Crippen LogP) is 6.82. The highest BCUT2D eigenvalue weighted by Crippen LogP contribution is 2.58. The van der Waals surface area contributed by atoms with E-state index < -0.39 is 0 Å². The molecule has 0 amide bonds. The zero-order valence-corrected chi connectivity index (χ0v) is 17.6. The van der Waals surface area contributed by atoms with Crippen LogP contribution >= 0.6 is 47.0 Å². The first kappa shape index (κ1) is 18.2. The summed E-state index contributed by atoms with van der Waals surface area (Å²) in [5.41, 5.74) is 3.03. The average Bonchev–Trinajstić information content (AvgIpc) is 3.35. The Morgan fingerprint density at radius 3 is 1.28 bits per heavy atom. The van der Waals surface area contributed by atoms with Gasteiger partial charge in [-0.3, -0.25) is 0 Å². The summed E-state index contributed by atoms with van der Waals surface area (Å²) in [5, 5.41) is 0. The number of hydrogen-bond donors (Lipinski definition) is 0. The van der Waals surface area contributed by atoms with Crippen molar-refractivity contribution in [3.63, 3.8) is 0 Å². The molecule has 25 heavy (non-hydrogen) atoms. The Labute approximate surface area is 168 Å². The van der Waals surface area contributed by atoms with E-state index >= 15 is 0 Å². The largest absolute Gasteiger partial charge is 0.139 e. The Hall–Kier alpha value is -0.160. The molecule has 2 saturated heterocycles. The van der Waals surface area contributed by atoms with Crippen LogP contribution in [0.2, 0.25) is 0 Å². The summed E-state index contributed by atoms with van der Waals surface area (Å²) in [6.45, 7) is 0. The van der Waals surface area contributed by atoms with Crippen LogP contribution in [0.25, 0.3) is 0 Å². The summed E-state index contributed by atoms with van der Waals surface area (Å²) in [4.78, 5) is 0. The first-order valence-electron chi connectivity index (χ1n) is 9.00. The third kappa shape index (κ3) is 3.92. The van der Waals surface area contributed by atoms with Gasteiger partial charge in [0.15, 0.2) is 0 Å². The molecule has 2 aliphatic rings. The molecule has 0 radical (unpaired) electrons. The van der Waals surface area contributed by atoms with E-state index in [2.05, 4.69) is 108 Å². The van der Waals surface area contributed by atoms with E-state index in [-0.39, 0.29) is 8.16 Å². The van der Waals surface area contributed by atoms with Crippen molar-refractivity contribution in [2.24, 2.45) is 0 Å². The zero-order valence-electron chi connectivity index (χ0n) is 14.4. The van der Waals surface area contributed by atoms with Gasteiger partial charge in [-0.1, -0.05) is 60.7 Å². The van der Waals surface area contributed by atoms with Gasteiger partial charge in [0.25, 0.3) is 0 Å². The number of thioether (sulfide) groups is 4. The van der Waals surface area contributed by atoms with Crippen LogP contribution < -0.4 is 0 Å². The lowest BCUT2D eigenvalue weighted by atomic mass is 10.0. The lowest BCUT2D eigenvalue weighted by Crippen LogP contribution is -2.18. The normalized spacial score (nSPS) is 21.4. The summed E-state index contributed by atoms with van der Waals surface area (Å²) in [6.07, 6.45) is 3.86. The summed E-state index contributed by atoms with van der Waals surface area (Å²) in [5.74, 6) is 5.14. The van der Waals surface area contributed by atoms with Gasteiger partial charge < -0.3 is 0 Å². The Morgan fingerprint density at radius 2 is 0.920 bits per heavy atom. The molecular formula is C21H24S4. The molecule has 2 aromatic carbocycles. The second-order valence-electron chi connectivity index (χ2n) is 6.49. The van der Waals surface area contributed by atoms with Crippen molar-refractivity contribution in [3.8, 4) is 0 Å². The predicted molar refractivity (Wildman–Crippen MR) is 120 cm³/mol. The fraction of sp³-hybridized carbons (Fsp3) is 0.429. The van der Waals surface area contributed by atoms with E-state index in [9.17, 15) is 0 Å². The van der Waals surface area contributed by atoms with E-state index in [0.29, 0.717) is 0 Å². The number of rotatable bonds is 6. The minimum atomic E-state index is 0.285. The van der Waals surface area contributed by atoms with Gasteiger partial charge in [-0.15, -0.1) is 47.0 Å². The molecule has 0 bridgehead atoms. The van der Waals surface area contributed by atoms with Crippen molar-refractivity contribution in [1.82, 2.24) is 0 Å². The molecule has 2 fully saturated rings. The first-order valence-corrected chi connectivity index (χ1v) is 12.9. The average molecular weight is 405 g/mol. The maximum absolute atomic E-state index is 2.33. The van der Waals surface area contributed by atoms with Gasteiger partial charge in [0.2, 0.25) is 0 Å². The molecular weight excluding hydrogens is 380 g/mol. The molecule has 2 aromatic rings.